The number of carbonyl (C=O) groups is 1. The van der Waals surface area contributed by atoms with Crippen LogP contribution in [0.1, 0.15) is 31.2 Å². The molecule has 1 N–H and O–H groups in total. The Labute approximate surface area is 119 Å². The molecule has 1 aliphatic heterocycles. The van der Waals surface area contributed by atoms with Crippen LogP contribution in [0.5, 0.6) is 0 Å². The Morgan fingerprint density at radius 1 is 1.25 bits per heavy atom. The highest BCUT2D eigenvalue weighted by Crippen LogP contribution is 2.36. The summed E-state index contributed by atoms with van der Waals surface area (Å²) in [6, 6.07) is 10.2. The van der Waals surface area contributed by atoms with Gasteiger partial charge in [0, 0.05) is 6.61 Å². The van der Waals surface area contributed by atoms with E-state index in [1.54, 1.807) is 0 Å². The van der Waals surface area contributed by atoms with Crippen molar-refractivity contribution < 1.29 is 14.3 Å². The third-order valence-electron chi connectivity index (χ3n) is 4.35. The summed E-state index contributed by atoms with van der Waals surface area (Å²) < 4.78 is 11.2. The van der Waals surface area contributed by atoms with Crippen molar-refractivity contribution >= 4 is 6.09 Å². The lowest BCUT2D eigenvalue weighted by Gasteiger charge is -2.34. The highest BCUT2D eigenvalue weighted by atomic mass is 16.6. The molecular weight excluding hydrogens is 254 g/mol. The van der Waals surface area contributed by atoms with Crippen molar-refractivity contribution in [1.29, 1.82) is 0 Å². The minimum atomic E-state index is -0.260. The van der Waals surface area contributed by atoms with Gasteiger partial charge in [0.15, 0.2) is 0 Å². The monoisotopic (exact) mass is 275 g/mol. The lowest BCUT2D eigenvalue weighted by molar-refractivity contribution is -0.00657. The number of ether oxygens (including phenoxy) is 2. The zero-order valence-electron chi connectivity index (χ0n) is 11.6. The van der Waals surface area contributed by atoms with Gasteiger partial charge in [0.05, 0.1) is 13.2 Å². The molecular formula is C16H21NO3. The van der Waals surface area contributed by atoms with Crippen molar-refractivity contribution in [2.45, 2.75) is 37.9 Å². The maximum Gasteiger partial charge on any atom is 0.407 e. The maximum atomic E-state index is 11.2. The lowest BCUT2D eigenvalue weighted by atomic mass is 9.79. The quantitative estimate of drug-likeness (QED) is 0.919. The lowest BCUT2D eigenvalue weighted by Crippen LogP contribution is -2.38. The minimum absolute atomic E-state index is 0.229. The van der Waals surface area contributed by atoms with Crippen LogP contribution in [0.25, 0.3) is 0 Å². The number of amides is 1. The number of hydrogen-bond acceptors (Lipinski definition) is 3. The first kappa shape index (κ1) is 13.4. The number of nitrogens with one attached hydrogen (secondary N) is 1. The van der Waals surface area contributed by atoms with Crippen LogP contribution < -0.4 is 5.32 Å². The molecule has 1 aromatic carbocycles. The Balaban J connectivity index is 1.40. The summed E-state index contributed by atoms with van der Waals surface area (Å²) in [7, 11) is 0. The molecule has 2 fully saturated rings. The van der Waals surface area contributed by atoms with Gasteiger partial charge >= 0.3 is 6.09 Å². The summed E-state index contributed by atoms with van der Waals surface area (Å²) in [4.78, 5) is 11.2. The molecule has 1 saturated heterocycles. The van der Waals surface area contributed by atoms with Crippen molar-refractivity contribution in [2.24, 2.45) is 5.92 Å². The Kier molecular flexibility index (Phi) is 3.92. The van der Waals surface area contributed by atoms with Crippen molar-refractivity contribution in [3.8, 4) is 0 Å². The third kappa shape index (κ3) is 3.12. The average Bonchev–Trinajstić information content (AvgIpc) is 2.84. The van der Waals surface area contributed by atoms with E-state index in [0.29, 0.717) is 19.1 Å². The standard InChI is InChI=1S/C16H21NO3/c18-15-17-12-16(20-15)8-6-14(7-9-16)11-19-10-13-4-2-1-3-5-13/h1-5,14H,6-12H2,(H,17,18)/t14-,16+. The first-order valence-corrected chi connectivity index (χ1v) is 7.34. The van der Waals surface area contributed by atoms with Crippen molar-refractivity contribution in [3.05, 3.63) is 35.9 Å². The Morgan fingerprint density at radius 2 is 2.00 bits per heavy atom. The maximum absolute atomic E-state index is 11.2. The second-order valence-corrected chi connectivity index (χ2v) is 5.87. The fourth-order valence-corrected chi connectivity index (χ4v) is 3.07. The molecule has 4 heteroatoms. The molecule has 0 aromatic heterocycles. The first-order valence-electron chi connectivity index (χ1n) is 7.34. The molecule has 0 atom stereocenters. The molecule has 108 valence electrons. The second-order valence-electron chi connectivity index (χ2n) is 5.87. The number of alkyl carbamates (subject to hydrolysis) is 1. The molecule has 2 aliphatic rings. The van der Waals surface area contributed by atoms with E-state index in [9.17, 15) is 4.79 Å². The minimum Gasteiger partial charge on any atom is -0.441 e. The third-order valence-corrected chi connectivity index (χ3v) is 4.35. The van der Waals surface area contributed by atoms with Crippen LogP contribution in [0, 0.1) is 5.92 Å². The highest BCUT2D eigenvalue weighted by Gasteiger charge is 2.43. The van der Waals surface area contributed by atoms with Crippen molar-refractivity contribution in [3.63, 3.8) is 0 Å². The van der Waals surface area contributed by atoms with Crippen LogP contribution >= 0.6 is 0 Å². The van der Waals surface area contributed by atoms with Crippen LogP contribution in [-0.4, -0.2) is 24.8 Å². The molecule has 1 saturated carbocycles. The highest BCUT2D eigenvalue weighted by molar-refractivity contribution is 5.70. The number of carbonyl (C=O) groups excluding carboxylic acids is 1. The van der Waals surface area contributed by atoms with Crippen LogP contribution in [0.4, 0.5) is 4.79 Å². The van der Waals surface area contributed by atoms with Crippen molar-refractivity contribution in [1.82, 2.24) is 5.32 Å². The molecule has 4 nitrogen and oxygen atoms in total. The zero-order chi connectivity index (χ0) is 13.8. The molecule has 0 unspecified atom stereocenters. The van der Waals surface area contributed by atoms with E-state index in [0.717, 1.165) is 32.3 Å². The second kappa shape index (κ2) is 5.83. The molecule has 0 bridgehead atoms. The van der Waals surface area contributed by atoms with Gasteiger partial charge in [0.1, 0.15) is 5.60 Å². The van der Waals surface area contributed by atoms with Gasteiger partial charge in [-0.15, -0.1) is 0 Å². The van der Waals surface area contributed by atoms with Gasteiger partial charge in [-0.25, -0.2) is 4.79 Å². The average molecular weight is 275 g/mol. The van der Waals surface area contributed by atoms with Gasteiger partial charge in [-0.2, -0.15) is 0 Å². The molecule has 1 heterocycles. The van der Waals surface area contributed by atoms with E-state index in [1.807, 2.05) is 18.2 Å². The Hall–Kier alpha value is -1.55. The predicted octanol–water partition coefficient (Wildman–Crippen LogP) is 2.87. The molecule has 3 rings (SSSR count). The summed E-state index contributed by atoms with van der Waals surface area (Å²) in [5, 5.41) is 2.77. The summed E-state index contributed by atoms with van der Waals surface area (Å²) in [6.07, 6.45) is 3.78. The van der Waals surface area contributed by atoms with Gasteiger partial charge < -0.3 is 14.8 Å². The van der Waals surface area contributed by atoms with E-state index >= 15 is 0 Å². The van der Waals surface area contributed by atoms with E-state index < -0.39 is 0 Å². The Morgan fingerprint density at radius 3 is 2.65 bits per heavy atom. The molecule has 1 amide bonds. The SMILES string of the molecule is O=C1NC[C@]2(CC[C@H](COCc3ccccc3)CC2)O1. The molecule has 20 heavy (non-hydrogen) atoms. The number of rotatable bonds is 4. The summed E-state index contributed by atoms with van der Waals surface area (Å²) >= 11 is 0. The van der Waals surface area contributed by atoms with Crippen LogP contribution in [0.15, 0.2) is 30.3 Å². The van der Waals surface area contributed by atoms with Crippen LogP contribution in [-0.2, 0) is 16.1 Å². The van der Waals surface area contributed by atoms with E-state index in [-0.39, 0.29) is 11.7 Å². The molecule has 1 aromatic rings. The zero-order valence-corrected chi connectivity index (χ0v) is 11.6. The first-order chi connectivity index (χ1) is 9.76. The summed E-state index contributed by atoms with van der Waals surface area (Å²) in [5.41, 5.74) is 0.987. The predicted molar refractivity (Wildman–Crippen MR) is 75.3 cm³/mol. The largest absolute Gasteiger partial charge is 0.441 e. The normalized spacial score (nSPS) is 29.2. The fourth-order valence-electron chi connectivity index (χ4n) is 3.07. The molecule has 1 aliphatic carbocycles. The smallest absolute Gasteiger partial charge is 0.407 e. The van der Waals surface area contributed by atoms with Gasteiger partial charge in [0.2, 0.25) is 0 Å². The molecule has 1 spiro atoms. The fraction of sp³-hybridized carbons (Fsp3) is 0.562. The number of benzene rings is 1. The summed E-state index contributed by atoms with van der Waals surface area (Å²) in [5.74, 6) is 0.587. The number of hydrogen-bond donors (Lipinski definition) is 1. The Bertz CT molecular complexity index is 452. The van der Waals surface area contributed by atoms with E-state index in [1.165, 1.54) is 5.56 Å². The topological polar surface area (TPSA) is 47.6 Å². The summed E-state index contributed by atoms with van der Waals surface area (Å²) in [6.45, 7) is 2.15. The van der Waals surface area contributed by atoms with Gasteiger partial charge in [-0.3, -0.25) is 0 Å². The van der Waals surface area contributed by atoms with Crippen LogP contribution in [0.2, 0.25) is 0 Å². The van der Waals surface area contributed by atoms with E-state index in [2.05, 4.69) is 17.4 Å². The van der Waals surface area contributed by atoms with Crippen LogP contribution in [0.3, 0.4) is 0 Å². The van der Waals surface area contributed by atoms with E-state index in [4.69, 9.17) is 9.47 Å². The van der Waals surface area contributed by atoms with Gasteiger partial charge in [-0.05, 0) is 37.2 Å². The van der Waals surface area contributed by atoms with Crippen molar-refractivity contribution in [2.75, 3.05) is 13.2 Å². The van der Waals surface area contributed by atoms with Gasteiger partial charge in [0.25, 0.3) is 0 Å². The van der Waals surface area contributed by atoms with Gasteiger partial charge in [-0.1, -0.05) is 30.3 Å². The molecule has 0 radical (unpaired) electrons.